The van der Waals surface area contributed by atoms with Crippen LogP contribution in [0.4, 0.5) is 4.39 Å². The lowest BCUT2D eigenvalue weighted by Gasteiger charge is -2.12. The Kier molecular flexibility index (Phi) is 5.64. The van der Waals surface area contributed by atoms with Crippen LogP contribution in [0.5, 0.6) is 0 Å². The predicted molar refractivity (Wildman–Crippen MR) is 109 cm³/mol. The van der Waals surface area contributed by atoms with Crippen LogP contribution in [0, 0.1) is 6.92 Å². The molecule has 6 nitrogen and oxygen atoms in total. The number of aromatic nitrogens is 2. The van der Waals surface area contributed by atoms with E-state index in [0.717, 1.165) is 16.8 Å². The minimum absolute atomic E-state index is 0.0426. The summed E-state index contributed by atoms with van der Waals surface area (Å²) in [5.41, 5.74) is 9.18. The number of nitrogens with zero attached hydrogens (tertiary/aromatic N) is 3. The zero-order valence-electron chi connectivity index (χ0n) is 16.1. The molecule has 2 aromatic heterocycles. The molecule has 0 fully saturated rings. The lowest BCUT2D eigenvalue weighted by atomic mass is 10.1. The summed E-state index contributed by atoms with van der Waals surface area (Å²) in [6, 6.07) is 10.4. The molecule has 1 aromatic carbocycles. The van der Waals surface area contributed by atoms with E-state index < -0.39 is 10.0 Å². The standard InChI is InChI=1S/C20H23FN4O2S/c1-14-19(15-6-4-7-17(12-15)28(26,27)24(2)3)20-18(8-5-11-23-20)25(14)13-16(21)9-10-22/h4-9,11-12H,10,13,22H2,1-3H3/b16-9-. The fraction of sp³-hybridized carbons (Fsp3) is 0.250. The van der Waals surface area contributed by atoms with Crippen LogP contribution in [-0.2, 0) is 16.6 Å². The highest BCUT2D eigenvalue weighted by atomic mass is 32.2. The van der Waals surface area contributed by atoms with Crippen molar-refractivity contribution < 1.29 is 12.8 Å². The summed E-state index contributed by atoms with van der Waals surface area (Å²) in [6.45, 7) is 2.04. The van der Waals surface area contributed by atoms with Gasteiger partial charge in [-0.2, -0.15) is 0 Å². The number of benzene rings is 1. The summed E-state index contributed by atoms with van der Waals surface area (Å²) in [4.78, 5) is 4.67. The molecule has 0 aliphatic rings. The molecule has 3 aromatic rings. The number of sulfonamides is 1. The molecular weight excluding hydrogens is 379 g/mol. The molecule has 0 amide bonds. The maximum absolute atomic E-state index is 14.2. The molecule has 2 heterocycles. The average Bonchev–Trinajstić information content (AvgIpc) is 2.94. The summed E-state index contributed by atoms with van der Waals surface area (Å²) in [7, 11) is -0.583. The van der Waals surface area contributed by atoms with Gasteiger partial charge in [-0.05, 0) is 42.8 Å². The van der Waals surface area contributed by atoms with E-state index in [0.29, 0.717) is 11.1 Å². The molecule has 0 saturated carbocycles. The Morgan fingerprint density at radius 1 is 1.29 bits per heavy atom. The van der Waals surface area contributed by atoms with Crippen molar-refractivity contribution >= 4 is 21.1 Å². The molecule has 0 bridgehead atoms. The normalized spacial score (nSPS) is 12.9. The van der Waals surface area contributed by atoms with Gasteiger partial charge in [0.25, 0.3) is 0 Å². The fourth-order valence-electron chi connectivity index (χ4n) is 3.21. The number of pyridine rings is 1. The number of fused-ring (bicyclic) bond motifs is 1. The SMILES string of the molecule is Cc1c(-c2cccc(S(=O)(=O)N(C)C)c2)c2ncccc2n1C/C(F)=C/CN. The van der Waals surface area contributed by atoms with Gasteiger partial charge in [-0.1, -0.05) is 12.1 Å². The Hall–Kier alpha value is -2.55. The second kappa shape index (κ2) is 7.83. The Bertz CT molecular complexity index is 1150. The maximum atomic E-state index is 14.2. The van der Waals surface area contributed by atoms with Gasteiger partial charge in [0.2, 0.25) is 10.0 Å². The smallest absolute Gasteiger partial charge is 0.242 e. The molecule has 0 atom stereocenters. The first kappa shape index (κ1) is 20.2. The number of rotatable bonds is 6. The van der Waals surface area contributed by atoms with Crippen LogP contribution in [0.1, 0.15) is 5.69 Å². The molecular formula is C20H23FN4O2S. The van der Waals surface area contributed by atoms with Crippen LogP contribution in [0.25, 0.3) is 22.2 Å². The number of hydrogen-bond acceptors (Lipinski definition) is 4. The van der Waals surface area contributed by atoms with Crippen LogP contribution in [0.3, 0.4) is 0 Å². The monoisotopic (exact) mass is 402 g/mol. The molecule has 0 radical (unpaired) electrons. The Morgan fingerprint density at radius 2 is 2.04 bits per heavy atom. The first-order chi connectivity index (χ1) is 13.3. The highest BCUT2D eigenvalue weighted by Gasteiger charge is 2.21. The second-order valence-corrected chi connectivity index (χ2v) is 8.77. The third-order valence-electron chi connectivity index (χ3n) is 4.63. The van der Waals surface area contributed by atoms with E-state index in [9.17, 15) is 12.8 Å². The summed E-state index contributed by atoms with van der Waals surface area (Å²) < 4.78 is 42.2. The van der Waals surface area contributed by atoms with E-state index in [-0.39, 0.29) is 23.8 Å². The summed E-state index contributed by atoms with van der Waals surface area (Å²) in [6.07, 6.45) is 3.01. The molecule has 148 valence electrons. The number of hydrogen-bond donors (Lipinski definition) is 1. The molecule has 8 heteroatoms. The highest BCUT2D eigenvalue weighted by molar-refractivity contribution is 7.89. The molecule has 3 rings (SSSR count). The average molecular weight is 402 g/mol. The summed E-state index contributed by atoms with van der Waals surface area (Å²) in [5.74, 6) is -0.332. The van der Waals surface area contributed by atoms with Crippen LogP contribution in [-0.4, -0.2) is 42.9 Å². The molecule has 0 aliphatic heterocycles. The first-order valence-electron chi connectivity index (χ1n) is 8.78. The zero-order chi connectivity index (χ0) is 20.5. The van der Waals surface area contributed by atoms with E-state index in [1.54, 1.807) is 30.5 Å². The van der Waals surface area contributed by atoms with Crippen molar-refractivity contribution in [1.29, 1.82) is 0 Å². The van der Waals surface area contributed by atoms with E-state index >= 15 is 0 Å². The van der Waals surface area contributed by atoms with Crippen LogP contribution in [0.15, 0.2) is 59.4 Å². The minimum atomic E-state index is -3.57. The van der Waals surface area contributed by atoms with Crippen molar-refractivity contribution in [2.75, 3.05) is 20.6 Å². The van der Waals surface area contributed by atoms with Gasteiger partial charge in [0.15, 0.2) is 0 Å². The molecule has 28 heavy (non-hydrogen) atoms. The van der Waals surface area contributed by atoms with Crippen LogP contribution in [0.2, 0.25) is 0 Å². The fourth-order valence-corrected chi connectivity index (χ4v) is 4.16. The van der Waals surface area contributed by atoms with E-state index in [1.165, 1.54) is 24.5 Å². The van der Waals surface area contributed by atoms with Crippen molar-refractivity contribution in [2.24, 2.45) is 5.73 Å². The number of nitrogens with two attached hydrogens (primary N) is 1. The van der Waals surface area contributed by atoms with Crippen molar-refractivity contribution in [3.05, 3.63) is 60.2 Å². The van der Waals surface area contributed by atoms with E-state index in [1.807, 2.05) is 23.6 Å². The van der Waals surface area contributed by atoms with Gasteiger partial charge in [-0.15, -0.1) is 0 Å². The van der Waals surface area contributed by atoms with Crippen molar-refractivity contribution in [1.82, 2.24) is 13.9 Å². The maximum Gasteiger partial charge on any atom is 0.242 e. The van der Waals surface area contributed by atoms with Gasteiger partial charge in [0.1, 0.15) is 5.83 Å². The van der Waals surface area contributed by atoms with Gasteiger partial charge < -0.3 is 10.3 Å². The second-order valence-electron chi connectivity index (χ2n) is 6.62. The molecule has 0 saturated heterocycles. The Balaban J connectivity index is 2.23. The Morgan fingerprint density at radius 3 is 2.71 bits per heavy atom. The molecule has 0 unspecified atom stereocenters. The van der Waals surface area contributed by atoms with E-state index in [2.05, 4.69) is 4.98 Å². The number of halogens is 1. The third-order valence-corrected chi connectivity index (χ3v) is 6.44. The quantitative estimate of drug-likeness (QED) is 0.687. The van der Waals surface area contributed by atoms with Crippen molar-refractivity contribution in [3.8, 4) is 11.1 Å². The first-order valence-corrected chi connectivity index (χ1v) is 10.2. The van der Waals surface area contributed by atoms with Crippen molar-refractivity contribution in [2.45, 2.75) is 18.4 Å². The van der Waals surface area contributed by atoms with Gasteiger partial charge in [0, 0.05) is 38.1 Å². The topological polar surface area (TPSA) is 81.2 Å². The molecule has 2 N–H and O–H groups in total. The van der Waals surface area contributed by atoms with Gasteiger partial charge in [-0.25, -0.2) is 17.1 Å². The van der Waals surface area contributed by atoms with Crippen molar-refractivity contribution in [3.63, 3.8) is 0 Å². The predicted octanol–water partition coefficient (Wildman–Crippen LogP) is 3.07. The van der Waals surface area contributed by atoms with Gasteiger partial charge in [0.05, 0.1) is 22.5 Å². The third kappa shape index (κ3) is 3.58. The van der Waals surface area contributed by atoms with Gasteiger partial charge in [-0.3, -0.25) is 4.98 Å². The van der Waals surface area contributed by atoms with Gasteiger partial charge >= 0.3 is 0 Å². The van der Waals surface area contributed by atoms with E-state index in [4.69, 9.17) is 5.73 Å². The van der Waals surface area contributed by atoms with Crippen LogP contribution >= 0.6 is 0 Å². The lowest BCUT2D eigenvalue weighted by Crippen LogP contribution is -2.22. The highest BCUT2D eigenvalue weighted by Crippen LogP contribution is 2.35. The van der Waals surface area contributed by atoms with Crippen LogP contribution < -0.4 is 5.73 Å². The lowest BCUT2D eigenvalue weighted by molar-refractivity contribution is 0.521. The summed E-state index contributed by atoms with van der Waals surface area (Å²) in [5, 5.41) is 0. The molecule has 0 aliphatic carbocycles. The zero-order valence-corrected chi connectivity index (χ0v) is 16.9. The number of allylic oxidation sites excluding steroid dienone is 1. The largest absolute Gasteiger partial charge is 0.336 e. The minimum Gasteiger partial charge on any atom is -0.336 e. The summed E-state index contributed by atoms with van der Waals surface area (Å²) >= 11 is 0. The molecule has 0 spiro atoms. The Labute approximate surface area is 164 Å².